The number of ketones is 1. The van der Waals surface area contributed by atoms with E-state index in [9.17, 15) is 22.4 Å². The summed E-state index contributed by atoms with van der Waals surface area (Å²) in [6, 6.07) is 7.99. The smallest absolute Gasteiger partial charge is 0.387 e. The van der Waals surface area contributed by atoms with Gasteiger partial charge in [-0.3, -0.25) is 4.79 Å². The molecule has 0 N–H and O–H groups in total. The van der Waals surface area contributed by atoms with E-state index in [1.54, 1.807) is 9.13 Å². The van der Waals surface area contributed by atoms with Gasteiger partial charge in [0, 0.05) is 12.0 Å². The Morgan fingerprint density at radius 3 is 2.55 bits per heavy atom. The van der Waals surface area contributed by atoms with E-state index >= 15 is 0 Å². The molecule has 1 aliphatic rings. The van der Waals surface area contributed by atoms with Gasteiger partial charge in [-0.1, -0.05) is 0 Å². The normalized spacial score (nSPS) is 14.1. The molecule has 0 amide bonds. The molecular weight excluding hydrogens is 388 g/mol. The summed E-state index contributed by atoms with van der Waals surface area (Å²) < 4.78 is 60.8. The lowest BCUT2D eigenvalue weighted by Crippen LogP contribution is -2.38. The number of aryl methyl sites for hydroxylation is 1. The number of hydrogen-bond donors (Lipinski definition) is 0. The van der Waals surface area contributed by atoms with Crippen LogP contribution in [-0.4, -0.2) is 17.0 Å². The summed E-state index contributed by atoms with van der Waals surface area (Å²) in [5.74, 6) is -1.35. The van der Waals surface area contributed by atoms with Crippen molar-refractivity contribution in [3.05, 3.63) is 59.4 Å². The van der Waals surface area contributed by atoms with Gasteiger partial charge in [0.15, 0.2) is 17.9 Å². The lowest BCUT2D eigenvalue weighted by atomic mass is 10.1. The van der Waals surface area contributed by atoms with Crippen molar-refractivity contribution in [3.63, 3.8) is 0 Å². The number of hydrogen-bond acceptors (Lipinski definition) is 2. The Morgan fingerprint density at radius 1 is 1.07 bits per heavy atom. The number of carbonyl (C=O) groups is 1. The number of imidazole rings is 1. The van der Waals surface area contributed by atoms with Crippen molar-refractivity contribution in [3.8, 4) is 5.75 Å². The van der Waals surface area contributed by atoms with Crippen LogP contribution in [0.1, 0.15) is 35.4 Å². The highest BCUT2D eigenvalue weighted by atomic mass is 19.3. The second-order valence-electron chi connectivity index (χ2n) is 7.02. The molecular formula is C21H19F4N2O2+. The molecule has 0 fully saturated rings. The summed E-state index contributed by atoms with van der Waals surface area (Å²) in [5, 5.41) is 0. The van der Waals surface area contributed by atoms with Crippen LogP contribution in [0, 0.1) is 11.6 Å². The Labute approximate surface area is 164 Å². The number of ether oxygens (including phenoxy) is 1. The van der Waals surface area contributed by atoms with Crippen LogP contribution >= 0.6 is 0 Å². The Hall–Kier alpha value is -2.90. The zero-order chi connectivity index (χ0) is 20.5. The number of rotatable bonds is 5. The van der Waals surface area contributed by atoms with Gasteiger partial charge in [0.25, 0.3) is 5.82 Å². The molecule has 2 aromatic carbocycles. The highest BCUT2D eigenvalue weighted by molar-refractivity contribution is 5.96. The van der Waals surface area contributed by atoms with E-state index in [2.05, 4.69) is 4.74 Å². The van der Waals surface area contributed by atoms with Gasteiger partial charge in [-0.05, 0) is 55.7 Å². The van der Waals surface area contributed by atoms with Crippen LogP contribution in [0.4, 0.5) is 17.6 Å². The SMILES string of the molecule is O=C(Cn1c2[n+](c3c(F)c(F)ccc31)CCCCC2)c1ccc(OC(F)F)cc1. The van der Waals surface area contributed by atoms with Crippen molar-refractivity contribution in [2.45, 2.75) is 45.4 Å². The van der Waals surface area contributed by atoms with Gasteiger partial charge in [-0.15, -0.1) is 0 Å². The molecule has 0 saturated heterocycles. The predicted octanol–water partition coefficient (Wildman–Crippen LogP) is 4.42. The maximum atomic E-state index is 14.6. The minimum Gasteiger partial charge on any atom is -0.435 e. The van der Waals surface area contributed by atoms with Crippen molar-refractivity contribution in [2.24, 2.45) is 0 Å². The first-order valence-corrected chi connectivity index (χ1v) is 9.42. The van der Waals surface area contributed by atoms with E-state index in [1.165, 1.54) is 30.3 Å². The molecule has 29 heavy (non-hydrogen) atoms. The van der Waals surface area contributed by atoms with Gasteiger partial charge in [-0.25, -0.2) is 13.5 Å². The van der Waals surface area contributed by atoms with Crippen molar-refractivity contribution in [1.29, 1.82) is 0 Å². The summed E-state index contributed by atoms with van der Waals surface area (Å²) in [6.07, 6.45) is 3.38. The first-order valence-electron chi connectivity index (χ1n) is 9.42. The van der Waals surface area contributed by atoms with Crippen molar-refractivity contribution < 1.29 is 31.7 Å². The number of carbonyl (C=O) groups excluding carboxylic acids is 1. The average molecular weight is 407 g/mol. The molecule has 0 atom stereocenters. The van der Waals surface area contributed by atoms with Crippen LogP contribution in [0.3, 0.4) is 0 Å². The van der Waals surface area contributed by atoms with E-state index in [0.717, 1.165) is 31.2 Å². The molecule has 152 valence electrons. The van der Waals surface area contributed by atoms with Crippen LogP contribution in [-0.2, 0) is 19.5 Å². The second-order valence-corrected chi connectivity index (χ2v) is 7.02. The molecule has 4 rings (SSSR count). The van der Waals surface area contributed by atoms with Gasteiger partial charge < -0.3 is 4.74 Å². The topological polar surface area (TPSA) is 35.1 Å². The molecule has 8 heteroatoms. The van der Waals surface area contributed by atoms with Gasteiger partial charge in [-0.2, -0.15) is 13.2 Å². The summed E-state index contributed by atoms with van der Waals surface area (Å²) in [6.45, 7) is -2.43. The fourth-order valence-corrected chi connectivity index (χ4v) is 3.89. The maximum absolute atomic E-state index is 14.6. The molecule has 1 aromatic heterocycles. The number of benzene rings is 2. The lowest BCUT2D eigenvalue weighted by molar-refractivity contribution is -0.679. The number of alkyl halides is 2. The largest absolute Gasteiger partial charge is 0.435 e. The predicted molar refractivity (Wildman–Crippen MR) is 97.0 cm³/mol. The van der Waals surface area contributed by atoms with Gasteiger partial charge in [0.05, 0.1) is 6.54 Å². The van der Waals surface area contributed by atoms with Crippen LogP contribution in [0.2, 0.25) is 0 Å². The molecule has 4 nitrogen and oxygen atoms in total. The third-order valence-corrected chi connectivity index (χ3v) is 5.22. The first-order chi connectivity index (χ1) is 14.0. The zero-order valence-electron chi connectivity index (χ0n) is 15.5. The van der Waals surface area contributed by atoms with Crippen molar-refractivity contribution >= 4 is 16.8 Å². The Bertz CT molecular complexity index is 1060. The zero-order valence-corrected chi connectivity index (χ0v) is 15.5. The van der Waals surface area contributed by atoms with Crippen molar-refractivity contribution in [1.82, 2.24) is 4.57 Å². The molecule has 0 aliphatic carbocycles. The summed E-state index contributed by atoms with van der Waals surface area (Å²) in [7, 11) is 0. The second kappa shape index (κ2) is 7.85. The monoisotopic (exact) mass is 407 g/mol. The number of Topliss-reactive ketones (excluding diaryl/α,β-unsaturated/α-hetero) is 1. The lowest BCUT2D eigenvalue weighted by Gasteiger charge is -2.06. The van der Waals surface area contributed by atoms with E-state index in [4.69, 9.17) is 0 Å². The molecule has 0 bridgehead atoms. The average Bonchev–Trinajstić information content (AvgIpc) is 2.83. The quantitative estimate of drug-likeness (QED) is 0.357. The van der Waals surface area contributed by atoms with Crippen LogP contribution in [0.15, 0.2) is 36.4 Å². The molecule has 0 spiro atoms. The third kappa shape index (κ3) is 3.71. The van der Waals surface area contributed by atoms with E-state index < -0.39 is 18.2 Å². The van der Waals surface area contributed by atoms with Gasteiger partial charge in [0.1, 0.15) is 5.75 Å². The van der Waals surface area contributed by atoms with E-state index in [-0.39, 0.29) is 23.6 Å². The van der Waals surface area contributed by atoms with Crippen molar-refractivity contribution in [2.75, 3.05) is 0 Å². The van der Waals surface area contributed by atoms with E-state index in [1.807, 2.05) is 0 Å². The molecule has 2 heterocycles. The summed E-state index contributed by atoms with van der Waals surface area (Å²) in [5.41, 5.74) is 0.964. The number of halogens is 4. The molecule has 0 radical (unpaired) electrons. The number of nitrogens with zero attached hydrogens (tertiary/aromatic N) is 2. The molecule has 3 aromatic rings. The number of aromatic nitrogens is 2. The van der Waals surface area contributed by atoms with E-state index in [0.29, 0.717) is 24.0 Å². The van der Waals surface area contributed by atoms with Gasteiger partial charge >= 0.3 is 6.61 Å². The molecule has 0 unspecified atom stereocenters. The van der Waals surface area contributed by atoms with Crippen LogP contribution < -0.4 is 9.30 Å². The first kappa shape index (κ1) is 19.4. The number of fused-ring (bicyclic) bond motifs is 3. The minimum absolute atomic E-state index is 0.0371. The Kier molecular flexibility index (Phi) is 5.25. The summed E-state index contributed by atoms with van der Waals surface area (Å²) in [4.78, 5) is 12.8. The van der Waals surface area contributed by atoms with Gasteiger partial charge in [0.2, 0.25) is 17.1 Å². The Morgan fingerprint density at radius 2 is 1.83 bits per heavy atom. The van der Waals surface area contributed by atoms with Crippen LogP contribution in [0.25, 0.3) is 11.0 Å². The maximum Gasteiger partial charge on any atom is 0.387 e. The fraction of sp³-hybridized carbons (Fsp3) is 0.333. The molecule has 1 aliphatic heterocycles. The highest BCUT2D eigenvalue weighted by Crippen LogP contribution is 2.24. The van der Waals surface area contributed by atoms with Crippen LogP contribution in [0.5, 0.6) is 5.75 Å². The summed E-state index contributed by atoms with van der Waals surface area (Å²) >= 11 is 0. The Balaban J connectivity index is 1.71. The molecule has 0 saturated carbocycles. The minimum atomic E-state index is -2.94. The fourth-order valence-electron chi connectivity index (χ4n) is 3.89. The third-order valence-electron chi connectivity index (χ3n) is 5.22. The highest BCUT2D eigenvalue weighted by Gasteiger charge is 2.31. The standard InChI is InChI=1S/C21H19F4N2O2/c22-15-9-10-16-20(19(15)23)26-11-3-1-2-4-18(26)27(16)12-17(28)13-5-7-14(8-6-13)29-21(24)25/h5-10,21H,1-4,11-12H2/q+1.